The van der Waals surface area contributed by atoms with Crippen LogP contribution < -0.4 is 0 Å². The minimum atomic E-state index is -0.00509. The molecule has 1 unspecified atom stereocenters. The summed E-state index contributed by atoms with van der Waals surface area (Å²) in [6.07, 6.45) is 5.27. The molecule has 5 heteroatoms. The molecule has 0 saturated carbocycles. The van der Waals surface area contributed by atoms with Gasteiger partial charge in [-0.15, -0.1) is 0 Å². The van der Waals surface area contributed by atoms with Crippen LogP contribution in [0.2, 0.25) is 0 Å². The largest absolute Gasteiger partial charge is 0.335 e. The van der Waals surface area contributed by atoms with E-state index >= 15 is 0 Å². The fourth-order valence-corrected chi connectivity index (χ4v) is 2.69. The molecule has 0 aliphatic carbocycles. The van der Waals surface area contributed by atoms with Crippen molar-refractivity contribution in [2.24, 2.45) is 0 Å². The van der Waals surface area contributed by atoms with Gasteiger partial charge in [-0.05, 0) is 40.5 Å². The number of aryl methyl sites for hydroxylation is 1. The maximum Gasteiger partial charge on any atom is 0.158 e. The average molecular weight is 264 g/mol. The van der Waals surface area contributed by atoms with Crippen LogP contribution in [0.4, 0.5) is 0 Å². The number of hydrogen-bond donors (Lipinski definition) is 0. The molecule has 0 bridgehead atoms. The molecule has 5 nitrogen and oxygen atoms in total. The van der Waals surface area contributed by atoms with Gasteiger partial charge < -0.3 is 9.47 Å². The first kappa shape index (κ1) is 14.2. The third-order valence-corrected chi connectivity index (χ3v) is 3.91. The van der Waals surface area contributed by atoms with Gasteiger partial charge in [0.05, 0.1) is 12.5 Å². The lowest BCUT2D eigenvalue weighted by atomic mass is 10.1. The molecule has 1 atom stereocenters. The molecular weight excluding hydrogens is 240 g/mol. The first-order valence-corrected chi connectivity index (χ1v) is 7.03. The summed E-state index contributed by atoms with van der Waals surface area (Å²) in [5.74, 6) is 1.16. The summed E-state index contributed by atoms with van der Waals surface area (Å²) in [6, 6.07) is -0.00509. The van der Waals surface area contributed by atoms with Crippen molar-refractivity contribution in [2.45, 2.75) is 32.4 Å². The van der Waals surface area contributed by atoms with Crippen LogP contribution in [0.15, 0.2) is 12.4 Å². The summed E-state index contributed by atoms with van der Waals surface area (Å²) in [6.45, 7) is 5.81. The minimum absolute atomic E-state index is 0.00509. The molecule has 1 aromatic rings. The van der Waals surface area contributed by atoms with Crippen LogP contribution in [0.5, 0.6) is 0 Å². The highest BCUT2D eigenvalue weighted by Crippen LogP contribution is 2.10. The predicted octanol–water partition coefficient (Wildman–Crippen LogP) is 0.651. The molecule has 1 saturated heterocycles. The average Bonchev–Trinajstić information content (AvgIpc) is 2.75. The lowest BCUT2D eigenvalue weighted by Gasteiger charge is -2.26. The molecule has 1 aromatic heterocycles. The number of imidazole rings is 1. The third kappa shape index (κ3) is 3.42. The molecule has 2 heterocycles. The second kappa shape index (κ2) is 6.30. The molecule has 1 fully saturated rings. The fraction of sp³-hybridized carbons (Fsp3) is 0.714. The Morgan fingerprint density at radius 3 is 2.95 bits per heavy atom. The second-order valence-corrected chi connectivity index (χ2v) is 5.38. The number of aromatic nitrogens is 2. The van der Waals surface area contributed by atoms with E-state index in [-0.39, 0.29) is 11.8 Å². The topological polar surface area (TPSA) is 41.4 Å². The number of rotatable bonds is 4. The summed E-state index contributed by atoms with van der Waals surface area (Å²) < 4.78 is 2.04. The molecule has 19 heavy (non-hydrogen) atoms. The van der Waals surface area contributed by atoms with E-state index in [1.807, 2.05) is 17.8 Å². The van der Waals surface area contributed by atoms with Crippen LogP contribution in [0.25, 0.3) is 0 Å². The zero-order chi connectivity index (χ0) is 13.8. The molecule has 0 radical (unpaired) electrons. The summed E-state index contributed by atoms with van der Waals surface area (Å²) in [7, 11) is 4.14. The van der Waals surface area contributed by atoms with Gasteiger partial charge in [-0.25, -0.2) is 4.98 Å². The molecular formula is C14H24N4O. The van der Waals surface area contributed by atoms with Crippen LogP contribution in [0, 0.1) is 0 Å². The van der Waals surface area contributed by atoms with Crippen molar-refractivity contribution in [1.29, 1.82) is 0 Å². The predicted molar refractivity (Wildman–Crippen MR) is 75.1 cm³/mol. The molecule has 106 valence electrons. The van der Waals surface area contributed by atoms with Crippen molar-refractivity contribution in [3.63, 3.8) is 0 Å². The molecule has 0 spiro atoms. The highest BCUT2D eigenvalue weighted by Gasteiger charge is 2.27. The normalized spacial score (nSPS) is 22.4. The Morgan fingerprint density at radius 2 is 2.21 bits per heavy atom. The molecule has 0 N–H and O–H groups in total. The number of carbonyl (C=O) groups is 1. The molecule has 2 rings (SSSR count). The second-order valence-electron chi connectivity index (χ2n) is 5.38. The fourth-order valence-electron chi connectivity index (χ4n) is 2.69. The smallest absolute Gasteiger partial charge is 0.158 e. The van der Waals surface area contributed by atoms with Crippen molar-refractivity contribution >= 4 is 5.78 Å². The SMILES string of the molecule is CCn1ccnc1CC(=O)C1CN(C)CCCN1C. The van der Waals surface area contributed by atoms with E-state index in [0.29, 0.717) is 6.42 Å². The summed E-state index contributed by atoms with van der Waals surface area (Å²) in [5, 5.41) is 0. The Labute approximate surface area is 115 Å². The molecule has 1 aliphatic rings. The molecule has 0 aromatic carbocycles. The van der Waals surface area contributed by atoms with E-state index in [2.05, 4.69) is 28.8 Å². The van der Waals surface area contributed by atoms with E-state index in [0.717, 1.165) is 38.4 Å². The van der Waals surface area contributed by atoms with Crippen LogP contribution in [0.1, 0.15) is 19.2 Å². The lowest BCUT2D eigenvalue weighted by molar-refractivity contribution is -0.123. The van der Waals surface area contributed by atoms with Crippen LogP contribution in [0.3, 0.4) is 0 Å². The Balaban J connectivity index is 2.05. The Kier molecular flexibility index (Phi) is 4.71. The minimum Gasteiger partial charge on any atom is -0.335 e. The Bertz CT molecular complexity index is 429. The van der Waals surface area contributed by atoms with E-state index in [9.17, 15) is 4.79 Å². The highest BCUT2D eigenvalue weighted by molar-refractivity contribution is 5.85. The number of likely N-dealkylation sites (N-methyl/N-ethyl adjacent to an activating group) is 2. The maximum absolute atomic E-state index is 12.5. The van der Waals surface area contributed by atoms with Gasteiger partial charge in [-0.1, -0.05) is 0 Å². The number of nitrogens with zero attached hydrogens (tertiary/aromatic N) is 4. The summed E-state index contributed by atoms with van der Waals surface area (Å²) in [4.78, 5) is 21.3. The van der Waals surface area contributed by atoms with Crippen molar-refractivity contribution in [3.8, 4) is 0 Å². The van der Waals surface area contributed by atoms with Gasteiger partial charge in [0.15, 0.2) is 5.78 Å². The third-order valence-electron chi connectivity index (χ3n) is 3.91. The van der Waals surface area contributed by atoms with Crippen molar-refractivity contribution in [1.82, 2.24) is 19.4 Å². The quantitative estimate of drug-likeness (QED) is 0.801. The van der Waals surface area contributed by atoms with E-state index < -0.39 is 0 Å². The number of Topliss-reactive ketones (excluding diaryl/α,β-unsaturated/α-hetero) is 1. The van der Waals surface area contributed by atoms with E-state index in [4.69, 9.17) is 0 Å². The van der Waals surface area contributed by atoms with Crippen LogP contribution in [-0.2, 0) is 17.8 Å². The molecule has 0 amide bonds. The van der Waals surface area contributed by atoms with E-state index in [1.54, 1.807) is 6.20 Å². The highest BCUT2D eigenvalue weighted by atomic mass is 16.1. The first-order chi connectivity index (χ1) is 9.11. The van der Waals surface area contributed by atoms with Crippen molar-refractivity contribution in [3.05, 3.63) is 18.2 Å². The van der Waals surface area contributed by atoms with E-state index in [1.165, 1.54) is 0 Å². The number of ketones is 1. The maximum atomic E-state index is 12.5. The van der Waals surface area contributed by atoms with Crippen LogP contribution >= 0.6 is 0 Å². The zero-order valence-corrected chi connectivity index (χ0v) is 12.2. The van der Waals surface area contributed by atoms with Gasteiger partial charge in [-0.2, -0.15) is 0 Å². The zero-order valence-electron chi connectivity index (χ0n) is 12.2. The number of carbonyl (C=O) groups excluding carboxylic acids is 1. The lowest BCUT2D eigenvalue weighted by Crippen LogP contribution is -2.44. The summed E-state index contributed by atoms with van der Waals surface area (Å²) >= 11 is 0. The van der Waals surface area contributed by atoms with Gasteiger partial charge in [0.25, 0.3) is 0 Å². The van der Waals surface area contributed by atoms with Gasteiger partial charge in [0, 0.05) is 25.5 Å². The number of hydrogen-bond acceptors (Lipinski definition) is 4. The Morgan fingerprint density at radius 1 is 1.42 bits per heavy atom. The van der Waals surface area contributed by atoms with Crippen LogP contribution in [-0.4, -0.2) is 64.9 Å². The molecule has 1 aliphatic heterocycles. The summed E-state index contributed by atoms with van der Waals surface area (Å²) in [5.41, 5.74) is 0. The van der Waals surface area contributed by atoms with Gasteiger partial charge in [0.2, 0.25) is 0 Å². The van der Waals surface area contributed by atoms with Crippen molar-refractivity contribution < 1.29 is 4.79 Å². The van der Waals surface area contributed by atoms with Gasteiger partial charge >= 0.3 is 0 Å². The standard InChI is InChI=1S/C14H24N4O/c1-4-18-9-6-15-14(18)10-13(19)12-11-16(2)7-5-8-17(12)3/h6,9,12H,4-5,7-8,10-11H2,1-3H3. The first-order valence-electron chi connectivity index (χ1n) is 7.03. The Hall–Kier alpha value is -1.20. The van der Waals surface area contributed by atoms with Crippen molar-refractivity contribution in [2.75, 3.05) is 33.7 Å². The van der Waals surface area contributed by atoms with Gasteiger partial charge in [-0.3, -0.25) is 9.69 Å². The van der Waals surface area contributed by atoms with Gasteiger partial charge in [0.1, 0.15) is 5.82 Å². The monoisotopic (exact) mass is 264 g/mol.